The van der Waals surface area contributed by atoms with Crippen LogP contribution in [-0.2, 0) is 11.0 Å². The minimum Gasteiger partial charge on any atom is -0.321 e. The molecule has 3 aromatic rings. The van der Waals surface area contributed by atoms with Gasteiger partial charge in [-0.05, 0) is 36.4 Å². The van der Waals surface area contributed by atoms with Crippen LogP contribution in [-0.4, -0.2) is 24.0 Å². The highest BCUT2D eigenvalue weighted by Gasteiger charge is 2.34. The zero-order valence-electron chi connectivity index (χ0n) is 14.9. The Bertz CT molecular complexity index is 951. The van der Waals surface area contributed by atoms with Gasteiger partial charge in [0, 0.05) is 18.5 Å². The number of anilines is 1. The fourth-order valence-electron chi connectivity index (χ4n) is 3.61. The molecule has 1 fully saturated rings. The molecule has 1 aliphatic rings. The van der Waals surface area contributed by atoms with Crippen LogP contribution in [0.2, 0.25) is 0 Å². The summed E-state index contributed by atoms with van der Waals surface area (Å²) in [6.45, 7) is 1.14. The summed E-state index contributed by atoms with van der Waals surface area (Å²) in [6.07, 6.45) is -2.39. The highest BCUT2D eigenvalue weighted by molar-refractivity contribution is 7.18. The quantitative estimate of drug-likeness (QED) is 0.695. The number of nitrogens with zero attached hydrogens (tertiary/aromatic N) is 1. The molecule has 1 saturated heterocycles. The van der Waals surface area contributed by atoms with Gasteiger partial charge in [-0.25, -0.2) is 4.98 Å². The second-order valence-corrected chi connectivity index (χ2v) is 7.99. The minimum absolute atomic E-state index is 0.177. The van der Waals surface area contributed by atoms with E-state index in [9.17, 15) is 18.0 Å². The molecule has 2 aromatic carbocycles. The molecule has 1 aliphatic heterocycles. The molecule has 0 spiro atoms. The van der Waals surface area contributed by atoms with Crippen LogP contribution in [0, 0.1) is 0 Å². The van der Waals surface area contributed by atoms with Crippen molar-refractivity contribution in [3.63, 3.8) is 0 Å². The zero-order chi connectivity index (χ0) is 19.7. The number of quaternary nitrogens is 1. The third kappa shape index (κ3) is 4.02. The summed E-state index contributed by atoms with van der Waals surface area (Å²) in [5.41, 5.74) is 0.614. The van der Waals surface area contributed by atoms with Gasteiger partial charge < -0.3 is 10.2 Å². The number of amides is 1. The van der Waals surface area contributed by atoms with Crippen LogP contribution in [0.25, 0.3) is 10.2 Å². The number of alkyl halides is 3. The Balaban J connectivity index is 1.42. The van der Waals surface area contributed by atoms with Crippen LogP contribution in [0.4, 0.5) is 18.9 Å². The minimum atomic E-state index is -4.38. The molecule has 2 N–H and O–H groups in total. The summed E-state index contributed by atoms with van der Waals surface area (Å²) in [4.78, 5) is 18.3. The van der Waals surface area contributed by atoms with Crippen molar-refractivity contribution in [3.8, 4) is 0 Å². The molecule has 2 heterocycles. The lowest BCUT2D eigenvalue weighted by Crippen LogP contribution is -3.11. The van der Waals surface area contributed by atoms with E-state index in [1.165, 1.54) is 12.1 Å². The number of nitrogens with one attached hydrogen (secondary N) is 2. The van der Waals surface area contributed by atoms with Crippen molar-refractivity contribution in [2.75, 3.05) is 18.4 Å². The van der Waals surface area contributed by atoms with Crippen molar-refractivity contribution in [2.24, 2.45) is 0 Å². The summed E-state index contributed by atoms with van der Waals surface area (Å²) >= 11 is 1.66. The smallest absolute Gasteiger partial charge is 0.321 e. The van der Waals surface area contributed by atoms with Gasteiger partial charge in [0.25, 0.3) is 5.91 Å². The molecule has 1 aromatic heterocycles. The van der Waals surface area contributed by atoms with Crippen LogP contribution in [0.5, 0.6) is 0 Å². The number of thiazole rings is 1. The monoisotopic (exact) mass is 406 g/mol. The van der Waals surface area contributed by atoms with Crippen molar-refractivity contribution >= 4 is 33.1 Å². The van der Waals surface area contributed by atoms with Crippen LogP contribution < -0.4 is 10.2 Å². The number of hydrogen-bond donors (Lipinski definition) is 2. The number of carbonyl (C=O) groups is 1. The first-order chi connectivity index (χ1) is 13.4. The SMILES string of the molecule is O=C(C[NH+]1CCC[C@H]1c1nc2ccccc2s1)Nc1ccc(C(F)(F)F)cc1. The van der Waals surface area contributed by atoms with Crippen LogP contribution in [0.3, 0.4) is 0 Å². The van der Waals surface area contributed by atoms with E-state index in [1.54, 1.807) is 11.3 Å². The van der Waals surface area contributed by atoms with E-state index in [2.05, 4.69) is 5.32 Å². The third-order valence-electron chi connectivity index (χ3n) is 4.98. The number of likely N-dealkylation sites (tertiary alicyclic amines) is 1. The average Bonchev–Trinajstić information content (AvgIpc) is 3.27. The van der Waals surface area contributed by atoms with Crippen LogP contribution >= 0.6 is 11.3 Å². The van der Waals surface area contributed by atoms with Gasteiger partial charge >= 0.3 is 6.18 Å². The Labute approximate surface area is 164 Å². The second kappa shape index (κ2) is 7.52. The van der Waals surface area contributed by atoms with Crippen LogP contribution in [0.15, 0.2) is 48.5 Å². The van der Waals surface area contributed by atoms with E-state index < -0.39 is 11.7 Å². The fourth-order valence-corrected chi connectivity index (χ4v) is 4.78. The third-order valence-corrected chi connectivity index (χ3v) is 6.13. The lowest BCUT2D eigenvalue weighted by Gasteiger charge is -2.19. The molecule has 0 saturated carbocycles. The van der Waals surface area contributed by atoms with E-state index in [0.29, 0.717) is 5.69 Å². The first-order valence-corrected chi connectivity index (χ1v) is 9.89. The molecule has 1 amide bonds. The fraction of sp³-hybridized carbons (Fsp3) is 0.300. The largest absolute Gasteiger partial charge is 0.416 e. The van der Waals surface area contributed by atoms with Crippen molar-refractivity contribution in [3.05, 3.63) is 59.1 Å². The first-order valence-electron chi connectivity index (χ1n) is 9.07. The number of benzene rings is 2. The maximum atomic E-state index is 12.6. The number of carbonyl (C=O) groups excluding carboxylic acids is 1. The van der Waals surface area contributed by atoms with E-state index in [-0.39, 0.29) is 18.5 Å². The van der Waals surface area contributed by atoms with Gasteiger partial charge in [-0.1, -0.05) is 12.1 Å². The lowest BCUT2D eigenvalue weighted by molar-refractivity contribution is -0.910. The zero-order valence-corrected chi connectivity index (χ0v) is 15.7. The van der Waals surface area contributed by atoms with Gasteiger partial charge in [-0.2, -0.15) is 13.2 Å². The molecule has 0 radical (unpaired) electrons. The van der Waals surface area contributed by atoms with E-state index in [1.807, 2.05) is 24.3 Å². The maximum Gasteiger partial charge on any atom is 0.416 e. The Morgan fingerprint density at radius 2 is 1.93 bits per heavy atom. The van der Waals surface area contributed by atoms with Gasteiger partial charge in [-0.15, -0.1) is 11.3 Å². The summed E-state index contributed by atoms with van der Waals surface area (Å²) in [5, 5.41) is 3.74. The number of para-hydroxylation sites is 1. The number of hydrogen-bond acceptors (Lipinski definition) is 3. The molecule has 8 heteroatoms. The molecule has 28 heavy (non-hydrogen) atoms. The lowest BCUT2D eigenvalue weighted by atomic mass is 10.2. The second-order valence-electron chi connectivity index (χ2n) is 6.92. The Morgan fingerprint density at radius 3 is 2.64 bits per heavy atom. The number of aromatic nitrogens is 1. The average molecular weight is 406 g/mol. The topological polar surface area (TPSA) is 46.4 Å². The predicted octanol–water partition coefficient (Wildman–Crippen LogP) is 3.67. The molecule has 2 atom stereocenters. The molecule has 0 aliphatic carbocycles. The van der Waals surface area contributed by atoms with Gasteiger partial charge in [0.15, 0.2) is 11.6 Å². The predicted molar refractivity (Wildman–Crippen MR) is 102 cm³/mol. The number of rotatable bonds is 4. The Hall–Kier alpha value is -2.45. The van der Waals surface area contributed by atoms with Gasteiger partial charge in [0.1, 0.15) is 6.04 Å². The number of fused-ring (bicyclic) bond motifs is 1. The maximum absolute atomic E-state index is 12.6. The van der Waals surface area contributed by atoms with Crippen LogP contribution in [0.1, 0.15) is 29.5 Å². The summed E-state index contributed by atoms with van der Waals surface area (Å²) < 4.78 is 39.1. The molecule has 146 valence electrons. The molecule has 0 bridgehead atoms. The van der Waals surface area contributed by atoms with E-state index >= 15 is 0 Å². The molecular formula is C20H19F3N3OS+. The van der Waals surface area contributed by atoms with Crippen molar-refractivity contribution in [2.45, 2.75) is 25.1 Å². The van der Waals surface area contributed by atoms with E-state index in [4.69, 9.17) is 4.98 Å². The number of halogens is 3. The molecule has 4 nitrogen and oxygen atoms in total. The van der Waals surface area contributed by atoms with E-state index in [0.717, 1.165) is 51.6 Å². The molecule has 1 unspecified atom stereocenters. The normalized spacial score (nSPS) is 19.8. The van der Waals surface area contributed by atoms with Crippen molar-refractivity contribution in [1.82, 2.24) is 4.98 Å². The van der Waals surface area contributed by atoms with Crippen molar-refractivity contribution in [1.29, 1.82) is 0 Å². The van der Waals surface area contributed by atoms with Gasteiger partial charge in [0.2, 0.25) is 0 Å². The highest BCUT2D eigenvalue weighted by Crippen LogP contribution is 2.30. The van der Waals surface area contributed by atoms with Gasteiger partial charge in [-0.3, -0.25) is 4.79 Å². The first kappa shape index (κ1) is 18.9. The Morgan fingerprint density at radius 1 is 1.18 bits per heavy atom. The summed E-state index contributed by atoms with van der Waals surface area (Å²) in [6, 6.07) is 12.7. The molecular weight excluding hydrogens is 387 g/mol. The molecule has 4 rings (SSSR count). The van der Waals surface area contributed by atoms with Crippen molar-refractivity contribution < 1.29 is 22.9 Å². The Kier molecular flexibility index (Phi) is 5.07. The summed E-state index contributed by atoms with van der Waals surface area (Å²) in [5.74, 6) is -0.206. The standard InChI is InChI=1S/C20H18F3N3OS/c21-20(22,23)13-7-9-14(10-8-13)24-18(27)12-26-11-3-5-16(26)19-25-15-4-1-2-6-17(15)28-19/h1-2,4,6-10,16H,3,5,11-12H2,(H,24,27)/p+1/t16-/m0/s1. The summed E-state index contributed by atoms with van der Waals surface area (Å²) in [7, 11) is 0. The highest BCUT2D eigenvalue weighted by atomic mass is 32.1. The van der Waals surface area contributed by atoms with Gasteiger partial charge in [0.05, 0.1) is 22.3 Å².